The van der Waals surface area contributed by atoms with Gasteiger partial charge in [0, 0.05) is 49.4 Å². The van der Waals surface area contributed by atoms with Crippen molar-refractivity contribution in [2.24, 2.45) is 0 Å². The molecule has 8 heteroatoms. The molecule has 0 spiro atoms. The van der Waals surface area contributed by atoms with E-state index < -0.39 is 0 Å². The number of para-hydroxylation sites is 1. The number of nitrogen functional groups attached to an aromatic ring is 1. The maximum atomic E-state index is 13.4. The molecule has 0 aliphatic carbocycles. The number of hydrogen-bond acceptors (Lipinski definition) is 7. The summed E-state index contributed by atoms with van der Waals surface area (Å²) in [6.45, 7) is 4.23. The number of nitrogens with zero attached hydrogens (tertiary/aromatic N) is 4. The van der Waals surface area contributed by atoms with Gasteiger partial charge in [-0.05, 0) is 43.0 Å². The van der Waals surface area contributed by atoms with Gasteiger partial charge < -0.3 is 20.3 Å². The number of hydrogen-bond donors (Lipinski definition) is 1. The summed E-state index contributed by atoms with van der Waals surface area (Å²) in [6.07, 6.45) is 5.32. The highest BCUT2D eigenvalue weighted by Crippen LogP contribution is 2.27. The van der Waals surface area contributed by atoms with Crippen LogP contribution in [0, 0.1) is 0 Å². The lowest BCUT2D eigenvalue weighted by atomic mass is 10.0. The smallest absolute Gasteiger partial charge is 0.254 e. The Balaban J connectivity index is 1.38. The van der Waals surface area contributed by atoms with Gasteiger partial charge in [-0.25, -0.2) is 9.97 Å². The van der Waals surface area contributed by atoms with E-state index in [2.05, 4.69) is 20.9 Å². The van der Waals surface area contributed by atoms with E-state index >= 15 is 0 Å². The van der Waals surface area contributed by atoms with Gasteiger partial charge in [0.25, 0.3) is 5.91 Å². The maximum absolute atomic E-state index is 13.4. The highest BCUT2D eigenvalue weighted by atomic mass is 16.5. The highest BCUT2D eigenvalue weighted by molar-refractivity contribution is 6.00. The normalized spacial score (nSPS) is 16.1. The summed E-state index contributed by atoms with van der Waals surface area (Å²) < 4.78 is 5.35. The highest BCUT2D eigenvalue weighted by Gasteiger charge is 2.21. The second-order valence-corrected chi connectivity index (χ2v) is 9.25. The molecule has 0 atom stereocenters. The number of carbonyl (C=O) groups excluding carboxylic acids is 2. The fraction of sp³-hybridized carbons (Fsp3) is 0.357. The standard InChI is InChI=1S/C28H31N5O3/c29-27-26(25(34)18-21-7-2-3-10-24(21)32-11-4-1-5-12-32)31-23(19-30-27)20-8-6-9-22(17-20)28(35)33-13-15-36-16-14-33/h2-3,6-10,17,19H,1,4-5,11-16,18H2,(H2,29,30). The number of morpholine rings is 1. The first kappa shape index (κ1) is 23.9. The van der Waals surface area contributed by atoms with E-state index in [1.807, 2.05) is 30.3 Å². The second-order valence-electron chi connectivity index (χ2n) is 9.25. The monoisotopic (exact) mass is 485 g/mol. The molecular weight excluding hydrogens is 454 g/mol. The summed E-state index contributed by atoms with van der Waals surface area (Å²) in [5, 5.41) is 0. The van der Waals surface area contributed by atoms with Crippen LogP contribution in [0.25, 0.3) is 11.3 Å². The third-order valence-corrected chi connectivity index (χ3v) is 6.81. The second kappa shape index (κ2) is 10.9. The van der Waals surface area contributed by atoms with Crippen LogP contribution in [0.15, 0.2) is 54.7 Å². The molecule has 5 rings (SSSR count). The molecule has 2 aliphatic rings. The van der Waals surface area contributed by atoms with Gasteiger partial charge in [-0.1, -0.05) is 30.3 Å². The van der Waals surface area contributed by atoms with E-state index in [-0.39, 0.29) is 29.6 Å². The SMILES string of the molecule is Nc1ncc(-c2cccc(C(=O)N3CCOCC3)c2)nc1C(=O)Cc1ccccc1N1CCCCC1. The molecule has 8 nitrogen and oxygen atoms in total. The van der Waals surface area contributed by atoms with Crippen LogP contribution in [0.4, 0.5) is 11.5 Å². The summed E-state index contributed by atoms with van der Waals surface area (Å²) in [5.74, 6) is -0.110. The average molecular weight is 486 g/mol. The zero-order valence-corrected chi connectivity index (χ0v) is 20.4. The fourth-order valence-corrected chi connectivity index (χ4v) is 4.86. The van der Waals surface area contributed by atoms with Crippen LogP contribution < -0.4 is 10.6 Å². The first-order chi connectivity index (χ1) is 17.6. The molecule has 2 saturated heterocycles. The van der Waals surface area contributed by atoms with E-state index in [1.165, 1.54) is 6.42 Å². The zero-order chi connectivity index (χ0) is 24.9. The van der Waals surface area contributed by atoms with Gasteiger partial charge in [0.2, 0.25) is 0 Å². The minimum atomic E-state index is -0.174. The van der Waals surface area contributed by atoms with Crippen molar-refractivity contribution in [3.8, 4) is 11.3 Å². The Kier molecular flexibility index (Phi) is 7.23. The van der Waals surface area contributed by atoms with Gasteiger partial charge >= 0.3 is 0 Å². The predicted octanol–water partition coefficient (Wildman–Crippen LogP) is 3.61. The number of nitrogens with two attached hydrogens (primary N) is 1. The number of anilines is 2. The van der Waals surface area contributed by atoms with Gasteiger partial charge in [-0.2, -0.15) is 0 Å². The van der Waals surface area contributed by atoms with Gasteiger partial charge in [-0.3, -0.25) is 9.59 Å². The lowest BCUT2D eigenvalue weighted by Crippen LogP contribution is -2.40. The Morgan fingerprint density at radius 2 is 1.72 bits per heavy atom. The molecule has 2 N–H and O–H groups in total. The third-order valence-electron chi connectivity index (χ3n) is 6.81. The summed E-state index contributed by atoms with van der Waals surface area (Å²) >= 11 is 0. The van der Waals surface area contributed by atoms with Crippen molar-refractivity contribution in [1.82, 2.24) is 14.9 Å². The Morgan fingerprint density at radius 3 is 2.53 bits per heavy atom. The predicted molar refractivity (Wildman–Crippen MR) is 139 cm³/mol. The zero-order valence-electron chi connectivity index (χ0n) is 20.4. The number of ether oxygens (including phenoxy) is 1. The number of ketones is 1. The summed E-state index contributed by atoms with van der Waals surface area (Å²) in [6, 6.07) is 15.3. The van der Waals surface area contributed by atoms with Crippen molar-refractivity contribution in [2.45, 2.75) is 25.7 Å². The topological polar surface area (TPSA) is 102 Å². The van der Waals surface area contributed by atoms with Crippen molar-refractivity contribution in [1.29, 1.82) is 0 Å². The molecule has 0 radical (unpaired) electrons. The molecule has 3 aromatic rings. The van der Waals surface area contributed by atoms with Gasteiger partial charge in [0.1, 0.15) is 5.69 Å². The Labute approximate surface area is 211 Å². The Morgan fingerprint density at radius 1 is 0.944 bits per heavy atom. The Hall–Kier alpha value is -3.78. The number of benzene rings is 2. The number of Topliss-reactive ketones (excluding diaryl/α,β-unsaturated/α-hetero) is 1. The molecule has 2 aliphatic heterocycles. The van der Waals surface area contributed by atoms with Crippen LogP contribution in [0.2, 0.25) is 0 Å². The third kappa shape index (κ3) is 5.23. The van der Waals surface area contributed by atoms with Crippen LogP contribution in [0.3, 0.4) is 0 Å². The summed E-state index contributed by atoms with van der Waals surface area (Å²) in [4.78, 5) is 39.3. The Bertz CT molecular complexity index is 1250. The summed E-state index contributed by atoms with van der Waals surface area (Å²) in [5.41, 5.74) is 10.1. The molecule has 0 saturated carbocycles. The lowest BCUT2D eigenvalue weighted by Gasteiger charge is -2.30. The minimum absolute atomic E-state index is 0.0471. The molecule has 0 unspecified atom stereocenters. The summed E-state index contributed by atoms with van der Waals surface area (Å²) in [7, 11) is 0. The van der Waals surface area contributed by atoms with E-state index in [1.54, 1.807) is 23.2 Å². The van der Waals surface area contributed by atoms with Crippen molar-refractivity contribution in [3.63, 3.8) is 0 Å². The number of rotatable bonds is 6. The number of aromatic nitrogens is 2. The van der Waals surface area contributed by atoms with Crippen LogP contribution in [0.1, 0.15) is 45.7 Å². The average Bonchev–Trinajstić information content (AvgIpc) is 2.94. The number of carbonyl (C=O) groups is 2. The van der Waals surface area contributed by atoms with Crippen LogP contribution in [0.5, 0.6) is 0 Å². The van der Waals surface area contributed by atoms with E-state index in [4.69, 9.17) is 10.5 Å². The van der Waals surface area contributed by atoms with Crippen molar-refractivity contribution < 1.29 is 14.3 Å². The van der Waals surface area contributed by atoms with E-state index in [9.17, 15) is 9.59 Å². The van der Waals surface area contributed by atoms with Crippen LogP contribution in [-0.2, 0) is 11.2 Å². The first-order valence-electron chi connectivity index (χ1n) is 12.6. The van der Waals surface area contributed by atoms with E-state index in [0.29, 0.717) is 43.1 Å². The quantitative estimate of drug-likeness (QED) is 0.532. The largest absolute Gasteiger partial charge is 0.382 e. The molecule has 186 valence electrons. The molecule has 36 heavy (non-hydrogen) atoms. The minimum Gasteiger partial charge on any atom is -0.382 e. The molecule has 2 fully saturated rings. The maximum Gasteiger partial charge on any atom is 0.254 e. The van der Waals surface area contributed by atoms with Crippen molar-refractivity contribution >= 4 is 23.2 Å². The first-order valence-corrected chi connectivity index (χ1v) is 12.6. The van der Waals surface area contributed by atoms with Gasteiger partial charge in [0.15, 0.2) is 11.6 Å². The van der Waals surface area contributed by atoms with Crippen molar-refractivity contribution in [2.75, 3.05) is 50.0 Å². The molecule has 1 amide bonds. The van der Waals surface area contributed by atoms with Gasteiger partial charge in [0.05, 0.1) is 25.1 Å². The molecule has 2 aromatic carbocycles. The number of amides is 1. The molecular formula is C28H31N5O3. The van der Waals surface area contributed by atoms with Crippen molar-refractivity contribution in [3.05, 3.63) is 71.5 Å². The lowest BCUT2D eigenvalue weighted by molar-refractivity contribution is 0.0303. The molecule has 3 heterocycles. The molecule has 1 aromatic heterocycles. The number of piperidine rings is 1. The van der Waals surface area contributed by atoms with Crippen LogP contribution in [-0.4, -0.2) is 66.0 Å². The van der Waals surface area contributed by atoms with Crippen LogP contribution >= 0.6 is 0 Å². The van der Waals surface area contributed by atoms with Gasteiger partial charge in [-0.15, -0.1) is 0 Å². The van der Waals surface area contributed by atoms with E-state index in [0.717, 1.165) is 37.2 Å². The fourth-order valence-electron chi connectivity index (χ4n) is 4.86. The molecule has 0 bridgehead atoms.